The van der Waals surface area contributed by atoms with Gasteiger partial charge in [0.25, 0.3) is 0 Å². The summed E-state index contributed by atoms with van der Waals surface area (Å²) in [6, 6.07) is 4.01. The molecule has 198 valence electrons. The lowest BCUT2D eigenvalue weighted by Crippen LogP contribution is -2.71. The Kier molecular flexibility index (Phi) is 8.20. The first-order valence-corrected chi connectivity index (χ1v) is 9.41. The molecule has 0 fully saturated rings. The van der Waals surface area contributed by atoms with Crippen LogP contribution in [0, 0.1) is 5.92 Å². The fourth-order valence-corrected chi connectivity index (χ4v) is 2.64. The summed E-state index contributed by atoms with van der Waals surface area (Å²) in [6.45, 7) is 3.25. The van der Waals surface area contributed by atoms with Gasteiger partial charge in [0.2, 0.25) is 0 Å². The van der Waals surface area contributed by atoms with Crippen LogP contribution < -0.4 is 4.74 Å². The second-order valence-electron chi connectivity index (χ2n) is 7.56. The highest BCUT2D eigenvalue weighted by atomic mass is 19.4. The zero-order valence-electron chi connectivity index (χ0n) is 17.5. The number of alkyl halides is 13. The summed E-state index contributed by atoms with van der Waals surface area (Å²) in [5.74, 6) is -41.0. The van der Waals surface area contributed by atoms with E-state index >= 15 is 0 Å². The molecule has 3 atom stereocenters. The van der Waals surface area contributed by atoms with Crippen molar-refractivity contribution in [3.8, 4) is 5.75 Å². The number of aliphatic hydroxyl groups excluding tert-OH is 1. The van der Waals surface area contributed by atoms with Crippen molar-refractivity contribution in [3.05, 3.63) is 29.8 Å². The van der Waals surface area contributed by atoms with Crippen LogP contribution in [0.4, 0.5) is 57.1 Å². The molecule has 0 aliphatic carbocycles. The topological polar surface area (TPSA) is 29.5 Å². The minimum absolute atomic E-state index is 0.00308. The molecular formula is C19H19F13O2. The predicted octanol–water partition coefficient (Wildman–Crippen LogP) is 7.27. The SMILES string of the molecule is CCC(C)Oc1cccc(C(O)C(C)C(F)(F)C(F)(F)C(F)(F)C(F)(F)C(F)(F)C(F)(F)F)c1. The third-order valence-corrected chi connectivity index (χ3v) is 5.11. The molecule has 1 aromatic rings. The molecule has 15 heteroatoms. The number of ether oxygens (including phenoxy) is 1. The molecule has 0 saturated carbocycles. The Morgan fingerprint density at radius 1 is 0.765 bits per heavy atom. The maximum absolute atomic E-state index is 14.3. The van der Waals surface area contributed by atoms with Gasteiger partial charge in [0, 0.05) is 0 Å². The van der Waals surface area contributed by atoms with Crippen LogP contribution in [0.1, 0.15) is 38.9 Å². The van der Waals surface area contributed by atoms with Crippen molar-refractivity contribution in [1.82, 2.24) is 0 Å². The van der Waals surface area contributed by atoms with Crippen LogP contribution in [0.15, 0.2) is 24.3 Å². The van der Waals surface area contributed by atoms with Gasteiger partial charge in [-0.1, -0.05) is 26.0 Å². The molecule has 34 heavy (non-hydrogen) atoms. The standard InChI is InChI=1S/C19H19F13O2/c1-4-9(2)34-12-7-5-6-11(8-12)13(33)10(3)14(20,21)15(22,23)16(24,25)17(26,27)18(28,29)19(30,31)32/h5-10,13,33H,4H2,1-3H3. The van der Waals surface area contributed by atoms with Crippen LogP contribution in [0.5, 0.6) is 5.75 Å². The van der Waals surface area contributed by atoms with Crippen molar-refractivity contribution in [1.29, 1.82) is 0 Å². The molecule has 0 saturated heterocycles. The highest BCUT2D eigenvalue weighted by Crippen LogP contribution is 2.62. The van der Waals surface area contributed by atoms with Crippen molar-refractivity contribution in [2.24, 2.45) is 5.92 Å². The molecule has 0 aliphatic rings. The molecule has 0 spiro atoms. The van der Waals surface area contributed by atoms with Gasteiger partial charge >= 0.3 is 35.8 Å². The normalized spacial score (nSPS) is 17.3. The average Bonchev–Trinajstić information content (AvgIpc) is 2.71. The summed E-state index contributed by atoms with van der Waals surface area (Å²) in [5.41, 5.74) is -0.639. The highest BCUT2D eigenvalue weighted by molar-refractivity contribution is 5.31. The van der Waals surface area contributed by atoms with Gasteiger partial charge in [-0.3, -0.25) is 0 Å². The number of rotatable bonds is 10. The molecule has 1 N–H and O–H groups in total. The summed E-state index contributed by atoms with van der Waals surface area (Å²) < 4.78 is 178. The van der Waals surface area contributed by atoms with E-state index in [0.717, 1.165) is 18.2 Å². The summed E-state index contributed by atoms with van der Waals surface area (Å²) in [4.78, 5) is 0. The van der Waals surface area contributed by atoms with E-state index in [1.165, 1.54) is 6.07 Å². The Hall–Kier alpha value is -1.93. The van der Waals surface area contributed by atoms with Gasteiger partial charge in [-0.2, -0.15) is 57.1 Å². The maximum Gasteiger partial charge on any atom is 0.460 e. The van der Waals surface area contributed by atoms with Gasteiger partial charge in [0.05, 0.1) is 18.1 Å². The number of aliphatic hydroxyl groups is 1. The zero-order chi connectivity index (χ0) is 27.1. The minimum Gasteiger partial charge on any atom is -0.491 e. The van der Waals surface area contributed by atoms with E-state index < -0.39 is 59.5 Å². The first-order chi connectivity index (χ1) is 15.0. The summed E-state index contributed by atoms with van der Waals surface area (Å²) in [6.07, 6.45) is -10.3. The van der Waals surface area contributed by atoms with Crippen LogP contribution >= 0.6 is 0 Å². The minimum atomic E-state index is -7.99. The molecule has 1 aromatic carbocycles. The number of halogens is 13. The van der Waals surface area contributed by atoms with Gasteiger partial charge in [0.1, 0.15) is 5.75 Å². The Balaban J connectivity index is 3.42. The Bertz CT molecular complexity index is 836. The van der Waals surface area contributed by atoms with Gasteiger partial charge in [-0.25, -0.2) is 0 Å². The summed E-state index contributed by atoms with van der Waals surface area (Å²) in [5, 5.41) is 10.0. The van der Waals surface area contributed by atoms with Crippen molar-refractivity contribution in [2.75, 3.05) is 0 Å². The van der Waals surface area contributed by atoms with Crippen molar-refractivity contribution in [2.45, 2.75) is 75.2 Å². The van der Waals surface area contributed by atoms with Gasteiger partial charge in [0.15, 0.2) is 0 Å². The fraction of sp³-hybridized carbons (Fsp3) is 0.684. The number of hydrogen-bond donors (Lipinski definition) is 1. The highest BCUT2D eigenvalue weighted by Gasteiger charge is 2.91. The number of benzene rings is 1. The first kappa shape index (κ1) is 30.1. The lowest BCUT2D eigenvalue weighted by atomic mass is 9.83. The van der Waals surface area contributed by atoms with Gasteiger partial charge in [-0.15, -0.1) is 0 Å². The second-order valence-corrected chi connectivity index (χ2v) is 7.56. The van der Waals surface area contributed by atoms with Crippen molar-refractivity contribution >= 4 is 0 Å². The van der Waals surface area contributed by atoms with E-state index in [2.05, 4.69) is 0 Å². The van der Waals surface area contributed by atoms with E-state index in [4.69, 9.17) is 4.74 Å². The van der Waals surface area contributed by atoms with Crippen LogP contribution in [0.3, 0.4) is 0 Å². The molecule has 3 unspecified atom stereocenters. The van der Waals surface area contributed by atoms with Crippen molar-refractivity contribution < 1.29 is 66.9 Å². The maximum atomic E-state index is 14.3. The van der Waals surface area contributed by atoms with E-state index in [1.54, 1.807) is 13.8 Å². The molecule has 0 radical (unpaired) electrons. The molecule has 2 nitrogen and oxygen atoms in total. The molecule has 0 aromatic heterocycles. The summed E-state index contributed by atoms with van der Waals surface area (Å²) >= 11 is 0. The van der Waals surface area contributed by atoms with Crippen LogP contribution in [-0.4, -0.2) is 47.0 Å². The van der Waals surface area contributed by atoms with E-state index in [-0.39, 0.29) is 12.7 Å². The molecule has 0 amide bonds. The van der Waals surface area contributed by atoms with Crippen LogP contribution in [-0.2, 0) is 0 Å². The Morgan fingerprint density at radius 2 is 1.24 bits per heavy atom. The molecule has 0 bridgehead atoms. The van der Waals surface area contributed by atoms with Gasteiger partial charge in [-0.05, 0) is 31.0 Å². The van der Waals surface area contributed by atoms with E-state index in [9.17, 15) is 62.2 Å². The Morgan fingerprint density at radius 3 is 1.68 bits per heavy atom. The fourth-order valence-electron chi connectivity index (χ4n) is 2.64. The van der Waals surface area contributed by atoms with Crippen molar-refractivity contribution in [3.63, 3.8) is 0 Å². The Labute approximate surface area is 184 Å². The molecule has 1 rings (SSSR count). The van der Waals surface area contributed by atoms with Crippen LogP contribution in [0.25, 0.3) is 0 Å². The number of hydrogen-bond acceptors (Lipinski definition) is 2. The summed E-state index contributed by atoms with van der Waals surface area (Å²) in [7, 11) is 0. The predicted molar refractivity (Wildman–Crippen MR) is 91.7 cm³/mol. The largest absolute Gasteiger partial charge is 0.491 e. The van der Waals surface area contributed by atoms with Crippen LogP contribution in [0.2, 0.25) is 0 Å². The lowest BCUT2D eigenvalue weighted by Gasteiger charge is -2.42. The first-order valence-electron chi connectivity index (χ1n) is 9.41. The second kappa shape index (κ2) is 9.26. The third-order valence-electron chi connectivity index (χ3n) is 5.11. The van der Waals surface area contributed by atoms with E-state index in [1.807, 2.05) is 0 Å². The van der Waals surface area contributed by atoms with E-state index in [0.29, 0.717) is 6.42 Å². The molecule has 0 aliphatic heterocycles. The lowest BCUT2D eigenvalue weighted by molar-refractivity contribution is -0.444. The molecular weight excluding hydrogens is 507 g/mol. The average molecular weight is 526 g/mol. The third kappa shape index (κ3) is 4.76. The monoisotopic (exact) mass is 526 g/mol. The molecule has 0 heterocycles. The smallest absolute Gasteiger partial charge is 0.460 e. The van der Waals surface area contributed by atoms with Gasteiger partial charge < -0.3 is 9.84 Å². The zero-order valence-corrected chi connectivity index (χ0v) is 17.5. The quantitative estimate of drug-likeness (QED) is 0.325.